The van der Waals surface area contributed by atoms with Crippen LogP contribution in [0.15, 0.2) is 35.3 Å². The zero-order valence-corrected chi connectivity index (χ0v) is 16.0. The number of rotatable bonds is 6. The SMILES string of the molecule is O=c1c(Cl)c(NCC2CCCOC2)cnn1-c1ccc(OC2CCC2)cc1. The average Bonchev–Trinajstić information content (AvgIpc) is 2.67. The van der Waals surface area contributed by atoms with E-state index in [0.717, 1.165) is 51.2 Å². The highest BCUT2D eigenvalue weighted by Gasteiger charge is 2.19. The van der Waals surface area contributed by atoms with Crippen LogP contribution in [0.5, 0.6) is 5.75 Å². The van der Waals surface area contributed by atoms with Gasteiger partial charge >= 0.3 is 0 Å². The first-order valence-corrected chi connectivity index (χ1v) is 9.95. The van der Waals surface area contributed by atoms with Gasteiger partial charge in [0.2, 0.25) is 0 Å². The number of nitrogens with one attached hydrogen (secondary N) is 1. The Morgan fingerprint density at radius 2 is 2.04 bits per heavy atom. The number of nitrogens with zero attached hydrogens (tertiary/aromatic N) is 2. The molecule has 144 valence electrons. The van der Waals surface area contributed by atoms with Gasteiger partial charge in [-0.15, -0.1) is 0 Å². The molecule has 1 saturated heterocycles. The summed E-state index contributed by atoms with van der Waals surface area (Å²) in [6.07, 6.45) is 7.57. The van der Waals surface area contributed by atoms with Gasteiger partial charge in [-0.1, -0.05) is 11.6 Å². The standard InChI is InChI=1S/C20H24ClN3O3/c21-19-18(22-11-14-3-2-10-26-13-14)12-23-24(20(19)25)15-6-8-17(9-7-15)27-16-4-1-5-16/h6-9,12,14,16,22H,1-5,10-11,13H2. The van der Waals surface area contributed by atoms with Crippen LogP contribution in [0.1, 0.15) is 32.1 Å². The van der Waals surface area contributed by atoms with Gasteiger partial charge in [0, 0.05) is 13.2 Å². The highest BCUT2D eigenvalue weighted by molar-refractivity contribution is 6.32. The summed E-state index contributed by atoms with van der Waals surface area (Å²) in [5, 5.41) is 7.66. The van der Waals surface area contributed by atoms with Crippen LogP contribution >= 0.6 is 11.6 Å². The predicted octanol–water partition coefficient (Wildman–Crippen LogP) is 3.66. The number of halogens is 1. The molecule has 6 nitrogen and oxygen atoms in total. The molecule has 2 heterocycles. The van der Waals surface area contributed by atoms with E-state index in [2.05, 4.69) is 10.4 Å². The third-order valence-corrected chi connectivity index (χ3v) is 5.56. The summed E-state index contributed by atoms with van der Waals surface area (Å²) in [4.78, 5) is 12.6. The maximum Gasteiger partial charge on any atom is 0.292 e. The maximum atomic E-state index is 12.6. The van der Waals surface area contributed by atoms with E-state index in [4.69, 9.17) is 21.1 Å². The summed E-state index contributed by atoms with van der Waals surface area (Å²) in [6, 6.07) is 7.38. The van der Waals surface area contributed by atoms with Crippen molar-refractivity contribution in [2.75, 3.05) is 25.1 Å². The molecule has 27 heavy (non-hydrogen) atoms. The number of anilines is 1. The zero-order chi connectivity index (χ0) is 18.6. The second-order valence-corrected chi connectivity index (χ2v) is 7.60. The monoisotopic (exact) mass is 389 g/mol. The van der Waals surface area contributed by atoms with Crippen LogP contribution in [0.4, 0.5) is 5.69 Å². The largest absolute Gasteiger partial charge is 0.490 e. The lowest BCUT2D eigenvalue weighted by molar-refractivity contribution is 0.0595. The van der Waals surface area contributed by atoms with E-state index in [1.54, 1.807) is 6.20 Å². The maximum absolute atomic E-state index is 12.6. The third-order valence-electron chi connectivity index (χ3n) is 5.19. The van der Waals surface area contributed by atoms with Crippen LogP contribution in [0, 0.1) is 5.92 Å². The fourth-order valence-corrected chi connectivity index (χ4v) is 3.51. The molecule has 1 N–H and O–H groups in total. The number of hydrogen-bond acceptors (Lipinski definition) is 5. The van der Waals surface area contributed by atoms with Crippen molar-refractivity contribution in [2.24, 2.45) is 5.92 Å². The summed E-state index contributed by atoms with van der Waals surface area (Å²) in [5.41, 5.74) is 0.887. The summed E-state index contributed by atoms with van der Waals surface area (Å²) in [7, 11) is 0. The highest BCUT2D eigenvalue weighted by atomic mass is 35.5. The normalized spacial score (nSPS) is 20.1. The molecule has 4 rings (SSSR count). The van der Waals surface area contributed by atoms with Gasteiger partial charge in [0.1, 0.15) is 10.8 Å². The van der Waals surface area contributed by atoms with Crippen molar-refractivity contribution in [1.82, 2.24) is 9.78 Å². The molecule has 1 aromatic carbocycles. The molecular weight excluding hydrogens is 366 g/mol. The van der Waals surface area contributed by atoms with Gasteiger partial charge in [0.15, 0.2) is 0 Å². The Hall–Kier alpha value is -2.05. The number of benzene rings is 1. The second-order valence-electron chi connectivity index (χ2n) is 7.22. The summed E-state index contributed by atoms with van der Waals surface area (Å²) in [6.45, 7) is 2.29. The molecule has 1 aliphatic heterocycles. The van der Waals surface area contributed by atoms with Gasteiger partial charge in [-0.05, 0) is 62.3 Å². The molecule has 1 aromatic heterocycles. The van der Waals surface area contributed by atoms with E-state index >= 15 is 0 Å². The minimum Gasteiger partial charge on any atom is -0.490 e. The predicted molar refractivity (Wildman–Crippen MR) is 105 cm³/mol. The Morgan fingerprint density at radius 3 is 2.70 bits per heavy atom. The zero-order valence-electron chi connectivity index (χ0n) is 15.2. The van der Waals surface area contributed by atoms with E-state index in [9.17, 15) is 4.79 Å². The molecule has 0 bridgehead atoms. The molecule has 1 saturated carbocycles. The fraction of sp³-hybridized carbons (Fsp3) is 0.500. The van der Waals surface area contributed by atoms with Gasteiger partial charge in [-0.3, -0.25) is 4.79 Å². The summed E-state index contributed by atoms with van der Waals surface area (Å²) in [5.74, 6) is 1.25. The van der Waals surface area contributed by atoms with E-state index in [0.29, 0.717) is 23.4 Å². The summed E-state index contributed by atoms with van der Waals surface area (Å²) < 4.78 is 12.6. The van der Waals surface area contributed by atoms with Crippen molar-refractivity contribution >= 4 is 17.3 Å². The smallest absolute Gasteiger partial charge is 0.292 e. The Kier molecular flexibility index (Phi) is 5.64. The topological polar surface area (TPSA) is 65.4 Å². The molecule has 1 unspecified atom stereocenters. The molecule has 1 atom stereocenters. The Bertz CT molecular complexity index is 827. The Balaban J connectivity index is 1.45. The Morgan fingerprint density at radius 1 is 1.22 bits per heavy atom. The average molecular weight is 390 g/mol. The highest BCUT2D eigenvalue weighted by Crippen LogP contribution is 2.26. The van der Waals surface area contributed by atoms with Crippen molar-refractivity contribution in [2.45, 2.75) is 38.2 Å². The molecule has 2 fully saturated rings. The molecule has 0 radical (unpaired) electrons. The van der Waals surface area contributed by atoms with Crippen LogP contribution in [-0.2, 0) is 4.74 Å². The first-order chi connectivity index (χ1) is 13.2. The number of hydrogen-bond donors (Lipinski definition) is 1. The molecule has 7 heteroatoms. The van der Waals surface area contributed by atoms with Gasteiger partial charge in [-0.2, -0.15) is 9.78 Å². The van der Waals surface area contributed by atoms with Crippen molar-refractivity contribution < 1.29 is 9.47 Å². The minimum absolute atomic E-state index is 0.150. The minimum atomic E-state index is -0.339. The first kappa shape index (κ1) is 18.3. The molecule has 2 aliphatic rings. The molecular formula is C20H24ClN3O3. The third kappa shape index (κ3) is 4.28. The van der Waals surface area contributed by atoms with Crippen LogP contribution in [0.2, 0.25) is 5.02 Å². The van der Waals surface area contributed by atoms with Crippen molar-refractivity contribution in [1.29, 1.82) is 0 Å². The van der Waals surface area contributed by atoms with Gasteiger partial charge in [-0.25, -0.2) is 0 Å². The first-order valence-electron chi connectivity index (χ1n) is 9.57. The van der Waals surface area contributed by atoms with Crippen LogP contribution < -0.4 is 15.6 Å². The van der Waals surface area contributed by atoms with Crippen LogP contribution in [0.3, 0.4) is 0 Å². The Labute approximate surface area is 163 Å². The van der Waals surface area contributed by atoms with Gasteiger partial charge in [0.05, 0.1) is 30.3 Å². The van der Waals surface area contributed by atoms with Gasteiger partial charge in [0.25, 0.3) is 5.56 Å². The lowest BCUT2D eigenvalue weighted by atomic mass is 9.96. The molecule has 1 aliphatic carbocycles. The fourth-order valence-electron chi connectivity index (χ4n) is 3.31. The lowest BCUT2D eigenvalue weighted by Gasteiger charge is -2.26. The van der Waals surface area contributed by atoms with E-state index in [-0.39, 0.29) is 10.6 Å². The van der Waals surface area contributed by atoms with E-state index < -0.39 is 0 Å². The number of aromatic nitrogens is 2. The van der Waals surface area contributed by atoms with Crippen LogP contribution in [0.25, 0.3) is 5.69 Å². The quantitative estimate of drug-likeness (QED) is 0.816. The van der Waals surface area contributed by atoms with Crippen LogP contribution in [-0.4, -0.2) is 35.6 Å². The summed E-state index contributed by atoms with van der Waals surface area (Å²) >= 11 is 6.30. The van der Waals surface area contributed by atoms with Crippen molar-refractivity contribution in [3.05, 3.63) is 45.8 Å². The van der Waals surface area contributed by atoms with Crippen molar-refractivity contribution in [3.8, 4) is 11.4 Å². The van der Waals surface area contributed by atoms with Crippen molar-refractivity contribution in [3.63, 3.8) is 0 Å². The van der Waals surface area contributed by atoms with E-state index in [1.807, 2.05) is 24.3 Å². The number of ether oxygens (including phenoxy) is 2. The molecule has 0 amide bonds. The molecule has 0 spiro atoms. The van der Waals surface area contributed by atoms with E-state index in [1.165, 1.54) is 11.1 Å². The second kappa shape index (κ2) is 8.31. The molecule has 2 aromatic rings. The van der Waals surface area contributed by atoms with Gasteiger partial charge < -0.3 is 14.8 Å². The lowest BCUT2D eigenvalue weighted by Crippen LogP contribution is -2.27.